The number of ether oxygens (including phenoxy) is 1. The molecular weight excluding hydrogens is 378 g/mol. The molecule has 0 saturated heterocycles. The SMILES string of the molecule is CCOc1ccc(C)cc1S(=O)(=O)NCC(c1ccco1)n1nc(C)cc1C. The summed E-state index contributed by atoms with van der Waals surface area (Å²) in [6, 6.07) is 10.2. The van der Waals surface area contributed by atoms with Crippen molar-refractivity contribution < 1.29 is 17.6 Å². The van der Waals surface area contributed by atoms with E-state index in [0.29, 0.717) is 18.1 Å². The average Bonchev–Trinajstić information content (AvgIpc) is 3.27. The van der Waals surface area contributed by atoms with Crippen molar-refractivity contribution in [2.24, 2.45) is 0 Å². The second kappa shape index (κ2) is 8.20. The Bertz CT molecular complexity index is 1040. The number of hydrogen-bond donors (Lipinski definition) is 1. The van der Waals surface area contributed by atoms with Crippen LogP contribution < -0.4 is 9.46 Å². The monoisotopic (exact) mass is 403 g/mol. The van der Waals surface area contributed by atoms with E-state index < -0.39 is 16.1 Å². The van der Waals surface area contributed by atoms with Gasteiger partial charge in [0.05, 0.1) is 18.6 Å². The molecule has 1 unspecified atom stereocenters. The number of nitrogens with one attached hydrogen (secondary N) is 1. The number of benzene rings is 1. The predicted molar refractivity (Wildman–Crippen MR) is 106 cm³/mol. The molecule has 0 spiro atoms. The molecule has 0 bridgehead atoms. The van der Waals surface area contributed by atoms with Gasteiger partial charge in [0.2, 0.25) is 10.0 Å². The summed E-state index contributed by atoms with van der Waals surface area (Å²) in [5.74, 6) is 0.962. The quantitative estimate of drug-likeness (QED) is 0.623. The van der Waals surface area contributed by atoms with E-state index in [-0.39, 0.29) is 11.4 Å². The molecule has 0 radical (unpaired) electrons. The highest BCUT2D eigenvalue weighted by atomic mass is 32.2. The van der Waals surface area contributed by atoms with Gasteiger partial charge in [0, 0.05) is 12.2 Å². The molecule has 7 nitrogen and oxygen atoms in total. The Hall–Kier alpha value is -2.58. The van der Waals surface area contributed by atoms with Crippen molar-refractivity contribution >= 4 is 10.0 Å². The largest absolute Gasteiger partial charge is 0.492 e. The van der Waals surface area contributed by atoms with Gasteiger partial charge in [-0.1, -0.05) is 6.07 Å². The van der Waals surface area contributed by atoms with Crippen LogP contribution in [-0.2, 0) is 10.0 Å². The molecule has 0 aliphatic heterocycles. The van der Waals surface area contributed by atoms with Crippen LogP contribution in [-0.4, -0.2) is 31.3 Å². The number of hydrogen-bond acceptors (Lipinski definition) is 5. The number of furan rings is 1. The number of aryl methyl sites for hydroxylation is 3. The molecule has 3 rings (SSSR count). The maximum Gasteiger partial charge on any atom is 0.244 e. The first kappa shape index (κ1) is 20.2. The van der Waals surface area contributed by atoms with Gasteiger partial charge in [0.15, 0.2) is 0 Å². The zero-order valence-corrected chi connectivity index (χ0v) is 17.3. The summed E-state index contributed by atoms with van der Waals surface area (Å²) < 4.78 is 41.6. The van der Waals surface area contributed by atoms with Gasteiger partial charge >= 0.3 is 0 Å². The third-order valence-corrected chi connectivity index (χ3v) is 5.81. The van der Waals surface area contributed by atoms with Crippen LogP contribution in [0.2, 0.25) is 0 Å². The Morgan fingerprint density at radius 2 is 2.00 bits per heavy atom. The van der Waals surface area contributed by atoms with Crippen LogP contribution in [0.3, 0.4) is 0 Å². The van der Waals surface area contributed by atoms with Gasteiger partial charge in [-0.25, -0.2) is 13.1 Å². The molecule has 8 heteroatoms. The molecule has 3 aromatic rings. The van der Waals surface area contributed by atoms with Crippen LogP contribution in [0.5, 0.6) is 5.75 Å². The fraction of sp³-hybridized carbons (Fsp3) is 0.350. The summed E-state index contributed by atoms with van der Waals surface area (Å²) in [6.45, 7) is 7.96. The fourth-order valence-corrected chi connectivity index (χ4v) is 4.38. The van der Waals surface area contributed by atoms with E-state index in [9.17, 15) is 8.42 Å². The first-order valence-corrected chi connectivity index (χ1v) is 10.6. The molecular formula is C20H25N3O4S. The van der Waals surface area contributed by atoms with E-state index in [0.717, 1.165) is 17.0 Å². The van der Waals surface area contributed by atoms with E-state index >= 15 is 0 Å². The van der Waals surface area contributed by atoms with Gasteiger partial charge in [-0.05, 0) is 63.6 Å². The third kappa shape index (κ3) is 4.28. The Morgan fingerprint density at radius 1 is 1.21 bits per heavy atom. The van der Waals surface area contributed by atoms with Crippen molar-refractivity contribution in [1.29, 1.82) is 0 Å². The summed E-state index contributed by atoms with van der Waals surface area (Å²) in [4.78, 5) is 0.126. The lowest BCUT2D eigenvalue weighted by Gasteiger charge is -2.19. The van der Waals surface area contributed by atoms with Crippen LogP contribution in [0, 0.1) is 20.8 Å². The zero-order chi connectivity index (χ0) is 20.3. The normalized spacial score (nSPS) is 12.9. The number of nitrogens with zero attached hydrogens (tertiary/aromatic N) is 2. The second-order valence-electron chi connectivity index (χ2n) is 6.64. The smallest absolute Gasteiger partial charge is 0.244 e. The van der Waals surface area contributed by atoms with Crippen LogP contribution in [0.1, 0.15) is 35.7 Å². The van der Waals surface area contributed by atoms with Crippen molar-refractivity contribution in [1.82, 2.24) is 14.5 Å². The van der Waals surface area contributed by atoms with E-state index in [1.54, 1.807) is 29.1 Å². The molecule has 0 amide bonds. The number of sulfonamides is 1. The molecule has 1 atom stereocenters. The second-order valence-corrected chi connectivity index (χ2v) is 8.37. The lowest BCUT2D eigenvalue weighted by Crippen LogP contribution is -2.32. The lowest BCUT2D eigenvalue weighted by molar-refractivity contribution is 0.330. The van der Waals surface area contributed by atoms with Crippen LogP contribution >= 0.6 is 0 Å². The Labute approximate surface area is 165 Å². The van der Waals surface area contributed by atoms with Gasteiger partial charge < -0.3 is 9.15 Å². The fourth-order valence-electron chi connectivity index (χ4n) is 3.12. The number of aromatic nitrogens is 2. The van der Waals surface area contributed by atoms with E-state index in [4.69, 9.17) is 9.15 Å². The molecule has 0 aliphatic rings. The van der Waals surface area contributed by atoms with Gasteiger partial charge in [0.1, 0.15) is 22.4 Å². The third-order valence-electron chi connectivity index (χ3n) is 4.37. The standard InChI is InChI=1S/C20H25N3O4S/c1-5-26-19-9-8-14(2)11-20(19)28(24,25)21-13-17(18-7-6-10-27-18)23-16(4)12-15(3)22-23/h6-12,17,21H,5,13H2,1-4H3. The Kier molecular flexibility index (Phi) is 5.90. The highest BCUT2D eigenvalue weighted by molar-refractivity contribution is 7.89. The molecule has 1 aromatic carbocycles. The minimum Gasteiger partial charge on any atom is -0.492 e. The van der Waals surface area contributed by atoms with Crippen molar-refractivity contribution in [3.8, 4) is 5.75 Å². The van der Waals surface area contributed by atoms with Crippen molar-refractivity contribution in [3.05, 3.63) is 65.4 Å². The van der Waals surface area contributed by atoms with E-state index in [2.05, 4.69) is 9.82 Å². The van der Waals surface area contributed by atoms with Crippen molar-refractivity contribution in [2.45, 2.75) is 38.6 Å². The number of rotatable bonds is 8. The first-order chi connectivity index (χ1) is 13.3. The maximum atomic E-state index is 13.0. The predicted octanol–water partition coefficient (Wildman–Crippen LogP) is 3.37. The van der Waals surface area contributed by atoms with E-state index in [1.165, 1.54) is 0 Å². The van der Waals surface area contributed by atoms with Gasteiger partial charge in [-0.15, -0.1) is 0 Å². The van der Waals surface area contributed by atoms with Crippen LogP contribution in [0.4, 0.5) is 0 Å². The summed E-state index contributed by atoms with van der Waals surface area (Å²) in [6.07, 6.45) is 1.57. The summed E-state index contributed by atoms with van der Waals surface area (Å²) in [5.41, 5.74) is 2.61. The Balaban J connectivity index is 1.91. The zero-order valence-electron chi connectivity index (χ0n) is 16.5. The molecule has 0 saturated carbocycles. The summed E-state index contributed by atoms with van der Waals surface area (Å²) in [5, 5.41) is 4.50. The minimum atomic E-state index is -3.79. The van der Waals surface area contributed by atoms with Gasteiger partial charge in [0.25, 0.3) is 0 Å². The van der Waals surface area contributed by atoms with Gasteiger partial charge in [-0.2, -0.15) is 5.10 Å². The summed E-state index contributed by atoms with van der Waals surface area (Å²) in [7, 11) is -3.79. The van der Waals surface area contributed by atoms with Crippen molar-refractivity contribution in [2.75, 3.05) is 13.2 Å². The van der Waals surface area contributed by atoms with E-state index in [1.807, 2.05) is 45.9 Å². The molecule has 0 fully saturated rings. The molecule has 2 heterocycles. The lowest BCUT2D eigenvalue weighted by atomic mass is 10.2. The topological polar surface area (TPSA) is 86.4 Å². The van der Waals surface area contributed by atoms with Crippen molar-refractivity contribution in [3.63, 3.8) is 0 Å². The van der Waals surface area contributed by atoms with Gasteiger partial charge in [-0.3, -0.25) is 4.68 Å². The molecule has 28 heavy (non-hydrogen) atoms. The first-order valence-electron chi connectivity index (χ1n) is 9.11. The Morgan fingerprint density at radius 3 is 2.61 bits per heavy atom. The maximum absolute atomic E-state index is 13.0. The molecule has 2 aromatic heterocycles. The summed E-state index contributed by atoms with van der Waals surface area (Å²) >= 11 is 0. The van der Waals surface area contributed by atoms with Crippen LogP contribution in [0.25, 0.3) is 0 Å². The highest BCUT2D eigenvalue weighted by Gasteiger charge is 2.25. The van der Waals surface area contributed by atoms with Crippen LogP contribution in [0.15, 0.2) is 52.0 Å². The molecule has 150 valence electrons. The average molecular weight is 404 g/mol. The molecule has 0 aliphatic carbocycles. The molecule has 1 N–H and O–H groups in total. The minimum absolute atomic E-state index is 0.0946. The highest BCUT2D eigenvalue weighted by Crippen LogP contribution is 2.26.